The number of unbranched alkanes of at least 4 members (excludes halogenated alkanes) is 1. The highest BCUT2D eigenvalue weighted by molar-refractivity contribution is 7.80. The minimum atomic E-state index is -1.23. The van der Waals surface area contributed by atoms with E-state index in [0.717, 1.165) is 5.56 Å². The Morgan fingerprint density at radius 1 is 0.943 bits per heavy atom. The van der Waals surface area contributed by atoms with Crippen molar-refractivity contribution in [3.63, 3.8) is 0 Å². The molecule has 0 heterocycles. The van der Waals surface area contributed by atoms with Crippen LogP contribution < -0.4 is 27.4 Å². The highest BCUT2D eigenvalue weighted by Crippen LogP contribution is 2.09. The summed E-state index contributed by atoms with van der Waals surface area (Å²) in [6, 6.07) is 5.03. The normalized spacial score (nSPS) is 15.2. The van der Waals surface area contributed by atoms with Crippen LogP contribution in [0.15, 0.2) is 30.3 Å². The van der Waals surface area contributed by atoms with Gasteiger partial charge in [0.2, 0.25) is 17.7 Å². The quantitative estimate of drug-likeness (QED) is 0.123. The standard InChI is InChI=1S/C24H39N5O5S/c1-3-15(2)20(26)23(32)27-17(11-7-8-12-25)21(30)28-18(13-16-9-5-4-6-10-16)22(31)29-19(14-35)24(33)34/h4-6,9-10,15,17-20,35H,3,7-8,11-14,25-26H2,1-2H3,(H,27,32)(H,28,30)(H,29,31)(H,33,34). The summed E-state index contributed by atoms with van der Waals surface area (Å²) >= 11 is 3.98. The number of rotatable bonds is 16. The molecule has 1 aromatic carbocycles. The molecule has 8 N–H and O–H groups in total. The second kappa shape index (κ2) is 16.1. The molecule has 0 bridgehead atoms. The number of nitrogens with two attached hydrogens (primary N) is 2. The average Bonchev–Trinajstić information content (AvgIpc) is 2.85. The topological polar surface area (TPSA) is 177 Å². The molecule has 0 saturated carbocycles. The van der Waals surface area contributed by atoms with Gasteiger partial charge in [-0.3, -0.25) is 14.4 Å². The molecule has 0 spiro atoms. The van der Waals surface area contributed by atoms with Crippen molar-refractivity contribution in [2.75, 3.05) is 12.3 Å². The number of nitrogens with one attached hydrogen (secondary N) is 3. The van der Waals surface area contributed by atoms with Crippen molar-refractivity contribution in [2.24, 2.45) is 17.4 Å². The fourth-order valence-corrected chi connectivity index (χ4v) is 3.58. The van der Waals surface area contributed by atoms with Crippen LogP contribution in [0, 0.1) is 5.92 Å². The number of carboxylic acid groups (broad SMARTS) is 1. The number of hydrogen-bond donors (Lipinski definition) is 7. The number of carbonyl (C=O) groups excluding carboxylic acids is 3. The molecule has 35 heavy (non-hydrogen) atoms. The first kappa shape index (κ1) is 30.4. The molecule has 0 saturated heterocycles. The number of carbonyl (C=O) groups is 4. The molecular formula is C24H39N5O5S. The van der Waals surface area contributed by atoms with E-state index in [-0.39, 0.29) is 18.1 Å². The number of carboxylic acids is 1. The molecule has 0 fully saturated rings. The van der Waals surface area contributed by atoms with Gasteiger partial charge >= 0.3 is 5.97 Å². The summed E-state index contributed by atoms with van der Waals surface area (Å²) in [5.41, 5.74) is 12.4. The molecular weight excluding hydrogens is 470 g/mol. The lowest BCUT2D eigenvalue weighted by atomic mass is 9.98. The van der Waals surface area contributed by atoms with E-state index in [0.29, 0.717) is 32.2 Å². The molecule has 5 unspecified atom stereocenters. The maximum absolute atomic E-state index is 13.2. The van der Waals surface area contributed by atoms with Gasteiger partial charge in [-0.25, -0.2) is 4.79 Å². The van der Waals surface area contributed by atoms with Crippen molar-refractivity contribution in [3.8, 4) is 0 Å². The van der Waals surface area contributed by atoms with Crippen LogP contribution >= 0.6 is 12.6 Å². The zero-order chi connectivity index (χ0) is 26.4. The van der Waals surface area contributed by atoms with E-state index in [9.17, 15) is 24.3 Å². The van der Waals surface area contributed by atoms with Crippen LogP contribution in [0.3, 0.4) is 0 Å². The Bertz CT molecular complexity index is 826. The summed E-state index contributed by atoms with van der Waals surface area (Å²) in [6.45, 7) is 4.22. The first-order valence-corrected chi connectivity index (χ1v) is 12.5. The van der Waals surface area contributed by atoms with Crippen LogP contribution in [0.2, 0.25) is 0 Å². The fraction of sp³-hybridized carbons (Fsp3) is 0.583. The minimum absolute atomic E-state index is 0.0754. The van der Waals surface area contributed by atoms with E-state index >= 15 is 0 Å². The summed E-state index contributed by atoms with van der Waals surface area (Å²) in [4.78, 5) is 50.2. The van der Waals surface area contributed by atoms with Gasteiger partial charge in [-0.15, -0.1) is 0 Å². The van der Waals surface area contributed by atoms with Crippen molar-refractivity contribution in [1.82, 2.24) is 16.0 Å². The van der Waals surface area contributed by atoms with Crippen molar-refractivity contribution in [3.05, 3.63) is 35.9 Å². The summed E-state index contributed by atoms with van der Waals surface area (Å²) in [5.74, 6) is -3.08. The molecule has 0 aromatic heterocycles. The lowest BCUT2D eigenvalue weighted by Gasteiger charge is -2.26. The molecule has 1 aromatic rings. The van der Waals surface area contributed by atoms with Gasteiger partial charge in [0.15, 0.2) is 0 Å². The summed E-state index contributed by atoms with van der Waals surface area (Å²) in [5, 5.41) is 17.1. The molecule has 1 rings (SSSR count). The molecule has 5 atom stereocenters. The van der Waals surface area contributed by atoms with Crippen molar-refractivity contribution in [2.45, 2.75) is 70.1 Å². The number of benzene rings is 1. The monoisotopic (exact) mass is 509 g/mol. The highest BCUT2D eigenvalue weighted by atomic mass is 32.1. The van der Waals surface area contributed by atoms with Crippen molar-refractivity contribution >= 4 is 36.3 Å². The van der Waals surface area contributed by atoms with E-state index in [1.807, 2.05) is 19.9 Å². The highest BCUT2D eigenvalue weighted by Gasteiger charge is 2.30. The Balaban J connectivity index is 3.08. The molecule has 3 amide bonds. The Hall–Kier alpha value is -2.63. The molecule has 0 radical (unpaired) electrons. The van der Waals surface area contributed by atoms with Crippen molar-refractivity contribution in [1.29, 1.82) is 0 Å². The number of hydrogen-bond acceptors (Lipinski definition) is 7. The van der Waals surface area contributed by atoms with E-state index in [1.54, 1.807) is 24.3 Å². The third-order valence-corrected chi connectivity index (χ3v) is 6.22. The summed E-state index contributed by atoms with van der Waals surface area (Å²) < 4.78 is 0. The molecule has 0 aliphatic heterocycles. The Morgan fingerprint density at radius 3 is 2.06 bits per heavy atom. The van der Waals surface area contributed by atoms with Crippen LogP contribution in [-0.4, -0.2) is 65.3 Å². The summed E-state index contributed by atoms with van der Waals surface area (Å²) in [6.07, 6.45) is 2.40. The van der Waals surface area contributed by atoms with Gasteiger partial charge in [-0.05, 0) is 37.3 Å². The number of thiol groups is 1. The zero-order valence-corrected chi connectivity index (χ0v) is 21.3. The van der Waals surface area contributed by atoms with E-state index in [4.69, 9.17) is 11.5 Å². The number of aliphatic carboxylic acids is 1. The van der Waals surface area contributed by atoms with Crippen LogP contribution in [0.1, 0.15) is 45.1 Å². The van der Waals surface area contributed by atoms with Gasteiger partial charge < -0.3 is 32.5 Å². The predicted molar refractivity (Wildman–Crippen MR) is 138 cm³/mol. The Labute approximate surface area is 212 Å². The molecule has 11 heteroatoms. The van der Waals surface area contributed by atoms with Crippen LogP contribution in [0.4, 0.5) is 0 Å². The summed E-state index contributed by atoms with van der Waals surface area (Å²) in [7, 11) is 0. The van der Waals surface area contributed by atoms with Crippen LogP contribution in [0.25, 0.3) is 0 Å². The largest absolute Gasteiger partial charge is 0.480 e. The maximum Gasteiger partial charge on any atom is 0.327 e. The SMILES string of the molecule is CCC(C)C(N)C(=O)NC(CCCCN)C(=O)NC(Cc1ccccc1)C(=O)NC(CS)C(=O)O. The zero-order valence-electron chi connectivity index (χ0n) is 20.4. The smallest absolute Gasteiger partial charge is 0.327 e. The van der Waals surface area contributed by atoms with Gasteiger partial charge in [0.25, 0.3) is 0 Å². The third kappa shape index (κ3) is 10.7. The van der Waals surface area contributed by atoms with E-state index in [1.165, 1.54) is 0 Å². The lowest BCUT2D eigenvalue weighted by Crippen LogP contribution is -2.58. The lowest BCUT2D eigenvalue weighted by molar-refractivity contribution is -0.141. The Kier molecular flexibility index (Phi) is 14.0. The van der Waals surface area contributed by atoms with Gasteiger partial charge in [0, 0.05) is 12.2 Å². The third-order valence-electron chi connectivity index (χ3n) is 5.85. The van der Waals surface area contributed by atoms with Gasteiger partial charge in [0.1, 0.15) is 18.1 Å². The first-order chi connectivity index (χ1) is 16.6. The maximum atomic E-state index is 13.2. The minimum Gasteiger partial charge on any atom is -0.480 e. The first-order valence-electron chi connectivity index (χ1n) is 11.9. The van der Waals surface area contributed by atoms with Gasteiger partial charge in [-0.2, -0.15) is 12.6 Å². The second-order valence-corrected chi connectivity index (χ2v) is 8.95. The van der Waals surface area contributed by atoms with E-state index < -0.39 is 47.9 Å². The molecule has 10 nitrogen and oxygen atoms in total. The van der Waals surface area contributed by atoms with Gasteiger partial charge in [0.05, 0.1) is 6.04 Å². The number of amides is 3. The van der Waals surface area contributed by atoms with E-state index in [2.05, 4.69) is 28.6 Å². The van der Waals surface area contributed by atoms with Gasteiger partial charge in [-0.1, -0.05) is 50.6 Å². The molecule has 0 aliphatic carbocycles. The molecule has 196 valence electrons. The second-order valence-electron chi connectivity index (χ2n) is 8.59. The molecule has 0 aliphatic rings. The predicted octanol–water partition coefficient (Wildman–Crippen LogP) is 0.200. The average molecular weight is 510 g/mol. The van der Waals surface area contributed by atoms with Crippen LogP contribution in [-0.2, 0) is 25.6 Å². The van der Waals surface area contributed by atoms with Crippen molar-refractivity contribution < 1.29 is 24.3 Å². The van der Waals surface area contributed by atoms with Crippen LogP contribution in [0.5, 0.6) is 0 Å². The fourth-order valence-electron chi connectivity index (χ4n) is 3.33. The Morgan fingerprint density at radius 2 is 1.51 bits per heavy atom.